The Morgan fingerprint density at radius 2 is 1.96 bits per heavy atom. The molecule has 1 fully saturated rings. The molecule has 0 radical (unpaired) electrons. The molecule has 1 unspecified atom stereocenters. The van der Waals surface area contributed by atoms with E-state index in [9.17, 15) is 9.59 Å². The summed E-state index contributed by atoms with van der Waals surface area (Å²) in [5.74, 6) is -0.390. The Morgan fingerprint density at radius 1 is 1.21 bits per heavy atom. The van der Waals surface area contributed by atoms with Crippen LogP contribution in [0.15, 0.2) is 42.7 Å². The molecular formula is C17H20N4O3. The molecule has 1 aromatic carbocycles. The number of benzene rings is 1. The van der Waals surface area contributed by atoms with Crippen LogP contribution in [0.3, 0.4) is 0 Å². The summed E-state index contributed by atoms with van der Waals surface area (Å²) in [7, 11) is 0. The van der Waals surface area contributed by atoms with Gasteiger partial charge in [0.2, 0.25) is 5.91 Å². The largest absolute Gasteiger partial charge is 0.378 e. The second kappa shape index (κ2) is 7.27. The van der Waals surface area contributed by atoms with Gasteiger partial charge in [0.05, 0.1) is 24.5 Å². The summed E-state index contributed by atoms with van der Waals surface area (Å²) < 4.78 is 6.87. The summed E-state index contributed by atoms with van der Waals surface area (Å²) in [6, 6.07) is 8.36. The van der Waals surface area contributed by atoms with Crippen molar-refractivity contribution < 1.29 is 14.3 Å². The van der Waals surface area contributed by atoms with Crippen molar-refractivity contribution in [2.24, 2.45) is 0 Å². The first-order valence-electron chi connectivity index (χ1n) is 7.93. The highest BCUT2D eigenvalue weighted by Crippen LogP contribution is 2.13. The summed E-state index contributed by atoms with van der Waals surface area (Å²) in [5, 5.41) is 6.95. The highest BCUT2D eigenvalue weighted by molar-refractivity contribution is 6.00. The van der Waals surface area contributed by atoms with Crippen LogP contribution in [0.2, 0.25) is 0 Å². The van der Waals surface area contributed by atoms with Crippen LogP contribution in [0.4, 0.5) is 0 Å². The third kappa shape index (κ3) is 3.46. The number of amides is 2. The summed E-state index contributed by atoms with van der Waals surface area (Å²) in [6.07, 6.45) is 3.42. The average Bonchev–Trinajstić information content (AvgIpc) is 3.16. The number of nitrogens with one attached hydrogen (secondary N) is 1. The van der Waals surface area contributed by atoms with E-state index in [1.165, 1.54) is 0 Å². The van der Waals surface area contributed by atoms with Gasteiger partial charge < -0.3 is 15.0 Å². The first kappa shape index (κ1) is 16.2. The predicted octanol–water partition coefficient (Wildman–Crippen LogP) is 0.849. The minimum atomic E-state index is -0.596. The van der Waals surface area contributed by atoms with Crippen molar-refractivity contribution in [3.05, 3.63) is 48.3 Å². The number of hydrogen-bond donors (Lipinski definition) is 1. The van der Waals surface area contributed by atoms with Crippen LogP contribution >= 0.6 is 0 Å². The maximum atomic E-state index is 12.6. The minimum Gasteiger partial charge on any atom is -0.378 e. The molecule has 1 aliphatic rings. The van der Waals surface area contributed by atoms with Gasteiger partial charge in [0.25, 0.3) is 5.91 Å². The van der Waals surface area contributed by atoms with Crippen molar-refractivity contribution in [3.63, 3.8) is 0 Å². The molecule has 0 bridgehead atoms. The van der Waals surface area contributed by atoms with Crippen molar-refractivity contribution >= 4 is 11.8 Å². The molecule has 0 spiro atoms. The molecule has 1 saturated heterocycles. The van der Waals surface area contributed by atoms with Gasteiger partial charge in [-0.25, -0.2) is 4.68 Å². The highest BCUT2D eigenvalue weighted by Gasteiger charge is 2.24. The minimum absolute atomic E-state index is 0.0942. The molecule has 2 heterocycles. The Balaban J connectivity index is 1.72. The Hall–Kier alpha value is -2.67. The van der Waals surface area contributed by atoms with E-state index in [4.69, 9.17) is 4.74 Å². The number of aromatic nitrogens is 2. The number of rotatable bonds is 4. The van der Waals surface area contributed by atoms with Crippen molar-refractivity contribution in [1.82, 2.24) is 20.0 Å². The normalized spacial score (nSPS) is 15.8. The fourth-order valence-electron chi connectivity index (χ4n) is 2.67. The quantitative estimate of drug-likeness (QED) is 0.903. The maximum Gasteiger partial charge on any atom is 0.254 e. The summed E-state index contributed by atoms with van der Waals surface area (Å²) in [4.78, 5) is 26.7. The Morgan fingerprint density at radius 3 is 2.67 bits per heavy atom. The SMILES string of the molecule is CC(NC(=O)c1ccccc1-n1cccn1)C(=O)N1CCOCC1. The van der Waals surface area contributed by atoms with E-state index in [0.717, 1.165) is 0 Å². The Kier molecular flexibility index (Phi) is 4.90. The van der Waals surface area contributed by atoms with Crippen LogP contribution in [0.25, 0.3) is 5.69 Å². The van der Waals surface area contributed by atoms with Gasteiger partial charge in [-0.15, -0.1) is 0 Å². The van der Waals surface area contributed by atoms with Gasteiger partial charge in [0.15, 0.2) is 0 Å². The van der Waals surface area contributed by atoms with E-state index in [1.54, 1.807) is 47.1 Å². The molecule has 7 nitrogen and oxygen atoms in total. The Labute approximate surface area is 140 Å². The molecule has 1 atom stereocenters. The standard InChI is InChI=1S/C17H20N4O3/c1-13(17(23)20-9-11-24-12-10-20)19-16(22)14-5-2-3-6-15(14)21-8-4-7-18-21/h2-8,13H,9-12H2,1H3,(H,19,22). The second-order valence-corrected chi connectivity index (χ2v) is 5.60. The molecule has 126 valence electrons. The van der Waals surface area contributed by atoms with E-state index in [1.807, 2.05) is 12.1 Å². The summed E-state index contributed by atoms with van der Waals surface area (Å²) in [5.41, 5.74) is 1.15. The fourth-order valence-corrected chi connectivity index (χ4v) is 2.67. The molecule has 1 aromatic heterocycles. The molecular weight excluding hydrogens is 308 g/mol. The van der Waals surface area contributed by atoms with Crippen molar-refractivity contribution in [2.45, 2.75) is 13.0 Å². The molecule has 7 heteroatoms. The van der Waals surface area contributed by atoms with E-state index < -0.39 is 6.04 Å². The average molecular weight is 328 g/mol. The van der Waals surface area contributed by atoms with Gasteiger partial charge in [-0.05, 0) is 25.1 Å². The molecule has 3 rings (SSSR count). The fraction of sp³-hybridized carbons (Fsp3) is 0.353. The van der Waals surface area contributed by atoms with Crippen LogP contribution < -0.4 is 5.32 Å². The molecule has 1 N–H and O–H groups in total. The lowest BCUT2D eigenvalue weighted by Gasteiger charge is -2.29. The van der Waals surface area contributed by atoms with Gasteiger partial charge >= 0.3 is 0 Å². The van der Waals surface area contributed by atoms with E-state index >= 15 is 0 Å². The van der Waals surface area contributed by atoms with Crippen LogP contribution in [-0.4, -0.2) is 58.8 Å². The van der Waals surface area contributed by atoms with E-state index in [-0.39, 0.29) is 11.8 Å². The van der Waals surface area contributed by atoms with E-state index in [0.29, 0.717) is 37.6 Å². The molecule has 1 aliphatic heterocycles. The van der Waals surface area contributed by atoms with E-state index in [2.05, 4.69) is 10.4 Å². The van der Waals surface area contributed by atoms with Crippen LogP contribution in [0.5, 0.6) is 0 Å². The smallest absolute Gasteiger partial charge is 0.254 e. The Bertz CT molecular complexity index is 708. The molecule has 2 amide bonds. The van der Waals surface area contributed by atoms with Crippen molar-refractivity contribution in [1.29, 1.82) is 0 Å². The zero-order valence-electron chi connectivity index (χ0n) is 13.5. The monoisotopic (exact) mass is 328 g/mol. The van der Waals surface area contributed by atoms with Crippen LogP contribution in [0, 0.1) is 0 Å². The van der Waals surface area contributed by atoms with Crippen molar-refractivity contribution in [2.75, 3.05) is 26.3 Å². The lowest BCUT2D eigenvalue weighted by molar-refractivity contribution is -0.136. The summed E-state index contributed by atoms with van der Waals surface area (Å²) >= 11 is 0. The lowest BCUT2D eigenvalue weighted by atomic mass is 10.1. The third-order valence-corrected chi connectivity index (χ3v) is 3.94. The number of ether oxygens (including phenoxy) is 1. The topological polar surface area (TPSA) is 76.5 Å². The first-order chi connectivity index (χ1) is 11.7. The van der Waals surface area contributed by atoms with Gasteiger partial charge in [0, 0.05) is 25.5 Å². The number of nitrogens with zero attached hydrogens (tertiary/aromatic N) is 3. The van der Waals surface area contributed by atoms with Gasteiger partial charge in [0.1, 0.15) is 6.04 Å². The second-order valence-electron chi connectivity index (χ2n) is 5.60. The number of morpholine rings is 1. The zero-order chi connectivity index (χ0) is 16.9. The maximum absolute atomic E-state index is 12.6. The van der Waals surface area contributed by atoms with Gasteiger partial charge in [-0.2, -0.15) is 5.10 Å². The number of para-hydroxylation sites is 1. The highest BCUT2D eigenvalue weighted by atomic mass is 16.5. The summed E-state index contributed by atoms with van der Waals surface area (Å²) in [6.45, 7) is 3.89. The van der Waals surface area contributed by atoms with Crippen molar-refractivity contribution in [3.8, 4) is 5.69 Å². The third-order valence-electron chi connectivity index (χ3n) is 3.94. The molecule has 2 aromatic rings. The number of hydrogen-bond acceptors (Lipinski definition) is 4. The molecule has 0 aliphatic carbocycles. The number of carbonyl (C=O) groups excluding carboxylic acids is 2. The zero-order valence-corrected chi connectivity index (χ0v) is 13.5. The molecule has 24 heavy (non-hydrogen) atoms. The van der Waals surface area contributed by atoms with Crippen LogP contribution in [-0.2, 0) is 9.53 Å². The van der Waals surface area contributed by atoms with Gasteiger partial charge in [-0.3, -0.25) is 9.59 Å². The lowest BCUT2D eigenvalue weighted by Crippen LogP contribution is -2.50. The number of carbonyl (C=O) groups is 2. The predicted molar refractivity (Wildman–Crippen MR) is 87.9 cm³/mol. The van der Waals surface area contributed by atoms with Gasteiger partial charge in [-0.1, -0.05) is 12.1 Å². The van der Waals surface area contributed by atoms with Crippen LogP contribution in [0.1, 0.15) is 17.3 Å². The molecule has 0 saturated carbocycles. The first-order valence-corrected chi connectivity index (χ1v) is 7.93.